The Morgan fingerprint density at radius 2 is 1.68 bits per heavy atom. The van der Waals surface area contributed by atoms with E-state index in [4.69, 9.17) is 23.2 Å². The van der Waals surface area contributed by atoms with Crippen LogP contribution in [0, 0.1) is 0 Å². The first-order valence-electron chi connectivity index (χ1n) is 7.74. The molecule has 0 saturated heterocycles. The van der Waals surface area contributed by atoms with Crippen LogP contribution in [0.25, 0.3) is 10.4 Å². The van der Waals surface area contributed by atoms with E-state index < -0.39 is 6.04 Å². The van der Waals surface area contributed by atoms with Crippen LogP contribution in [-0.2, 0) is 4.79 Å². The summed E-state index contributed by atoms with van der Waals surface area (Å²) in [6.07, 6.45) is 0. The van der Waals surface area contributed by atoms with Crippen molar-refractivity contribution in [2.75, 3.05) is 0 Å². The van der Waals surface area contributed by atoms with Crippen molar-refractivity contribution in [1.29, 1.82) is 0 Å². The molecule has 1 unspecified atom stereocenters. The summed E-state index contributed by atoms with van der Waals surface area (Å²) in [5.74, 6) is -0.514. The number of hydrogen-bond donors (Lipinski definition) is 2. The van der Waals surface area contributed by atoms with Gasteiger partial charge in [0.25, 0.3) is 5.91 Å². The molecule has 4 nitrogen and oxygen atoms in total. The van der Waals surface area contributed by atoms with E-state index in [0.717, 1.165) is 10.4 Å². The van der Waals surface area contributed by atoms with E-state index in [0.29, 0.717) is 14.9 Å². The molecule has 0 fully saturated rings. The molecule has 0 aliphatic heterocycles. The zero-order chi connectivity index (χ0) is 18.8. The summed E-state index contributed by atoms with van der Waals surface area (Å²) in [5, 5.41) is 6.63. The third-order valence-electron chi connectivity index (χ3n) is 3.22. The second-order valence-electron chi connectivity index (χ2n) is 6.76. The number of thiophene rings is 1. The van der Waals surface area contributed by atoms with Gasteiger partial charge in [-0.3, -0.25) is 9.59 Å². The zero-order valence-corrected chi connectivity index (χ0v) is 16.8. The molecule has 2 aromatic rings. The highest BCUT2D eigenvalue weighted by molar-refractivity contribution is 7.17. The van der Waals surface area contributed by atoms with Crippen LogP contribution in [0.1, 0.15) is 37.4 Å². The molecule has 0 aliphatic rings. The number of benzene rings is 1. The van der Waals surface area contributed by atoms with Gasteiger partial charge in [-0.25, -0.2) is 0 Å². The quantitative estimate of drug-likeness (QED) is 0.779. The van der Waals surface area contributed by atoms with Gasteiger partial charge in [-0.05, 0) is 63.6 Å². The number of carbonyl (C=O) groups is 2. The van der Waals surface area contributed by atoms with E-state index in [9.17, 15) is 9.59 Å². The van der Waals surface area contributed by atoms with Gasteiger partial charge >= 0.3 is 0 Å². The summed E-state index contributed by atoms with van der Waals surface area (Å²) in [6, 6.07) is 8.17. The van der Waals surface area contributed by atoms with Gasteiger partial charge in [0.05, 0.1) is 4.88 Å². The molecule has 2 amide bonds. The lowest BCUT2D eigenvalue weighted by molar-refractivity contribution is -0.124. The molecule has 1 atom stereocenters. The number of amides is 2. The standard InChI is InChI=1S/C18H20Cl2N2O2S/c1-10(16(23)22-18(2,3)4)21-17(24)15-6-5-14(25-15)11-7-12(19)9-13(20)8-11/h5-10H,1-4H3,(H,21,24)(H,22,23). The smallest absolute Gasteiger partial charge is 0.262 e. The lowest BCUT2D eigenvalue weighted by atomic mass is 10.1. The van der Waals surface area contributed by atoms with Crippen LogP contribution in [0.4, 0.5) is 0 Å². The Kier molecular flexibility index (Phi) is 6.14. The van der Waals surface area contributed by atoms with Crippen LogP contribution < -0.4 is 10.6 Å². The number of hydrogen-bond acceptors (Lipinski definition) is 3. The molecule has 1 aromatic carbocycles. The molecule has 0 bridgehead atoms. The van der Waals surface area contributed by atoms with Crippen LogP contribution in [0.15, 0.2) is 30.3 Å². The Balaban J connectivity index is 2.09. The lowest BCUT2D eigenvalue weighted by Crippen LogP contribution is -2.50. The van der Waals surface area contributed by atoms with Gasteiger partial charge < -0.3 is 10.6 Å². The van der Waals surface area contributed by atoms with Crippen LogP contribution in [0.5, 0.6) is 0 Å². The summed E-state index contributed by atoms with van der Waals surface area (Å²) >= 11 is 13.4. The van der Waals surface area contributed by atoms with Crippen molar-refractivity contribution in [3.8, 4) is 10.4 Å². The average Bonchev–Trinajstić information content (AvgIpc) is 2.94. The Labute approximate surface area is 161 Å². The second-order valence-corrected chi connectivity index (χ2v) is 8.71. The Hall–Kier alpha value is -1.56. The molecule has 134 valence electrons. The third kappa shape index (κ3) is 5.73. The maximum absolute atomic E-state index is 12.4. The van der Waals surface area contributed by atoms with Gasteiger partial charge in [-0.2, -0.15) is 0 Å². The number of carbonyl (C=O) groups excluding carboxylic acids is 2. The number of rotatable bonds is 4. The highest BCUT2D eigenvalue weighted by atomic mass is 35.5. The van der Waals surface area contributed by atoms with Crippen LogP contribution in [0.2, 0.25) is 10.0 Å². The molecule has 0 radical (unpaired) electrons. The minimum Gasteiger partial charge on any atom is -0.350 e. The highest BCUT2D eigenvalue weighted by Crippen LogP contribution is 2.32. The van der Waals surface area contributed by atoms with Gasteiger partial charge in [0, 0.05) is 20.5 Å². The largest absolute Gasteiger partial charge is 0.350 e. The summed E-state index contributed by atoms with van der Waals surface area (Å²) in [5.41, 5.74) is 0.498. The molecule has 1 aromatic heterocycles. The Morgan fingerprint density at radius 3 is 2.24 bits per heavy atom. The molecule has 0 spiro atoms. The first kappa shape index (κ1) is 19.8. The van der Waals surface area contributed by atoms with Crippen LogP contribution >= 0.6 is 34.5 Å². The summed E-state index contributed by atoms with van der Waals surface area (Å²) in [6.45, 7) is 7.33. The van der Waals surface area contributed by atoms with Crippen molar-refractivity contribution in [3.05, 3.63) is 45.3 Å². The van der Waals surface area contributed by atoms with Crippen molar-refractivity contribution >= 4 is 46.4 Å². The van der Waals surface area contributed by atoms with Crippen LogP contribution in [-0.4, -0.2) is 23.4 Å². The van der Waals surface area contributed by atoms with Crippen molar-refractivity contribution in [1.82, 2.24) is 10.6 Å². The third-order valence-corrected chi connectivity index (χ3v) is 4.79. The maximum Gasteiger partial charge on any atom is 0.262 e. The molecule has 25 heavy (non-hydrogen) atoms. The van der Waals surface area contributed by atoms with E-state index in [2.05, 4.69) is 10.6 Å². The van der Waals surface area contributed by atoms with Crippen molar-refractivity contribution < 1.29 is 9.59 Å². The van der Waals surface area contributed by atoms with E-state index in [1.165, 1.54) is 11.3 Å². The summed E-state index contributed by atoms with van der Waals surface area (Å²) < 4.78 is 0. The molecule has 0 saturated carbocycles. The van der Waals surface area contributed by atoms with E-state index in [-0.39, 0.29) is 17.4 Å². The predicted molar refractivity (Wildman–Crippen MR) is 105 cm³/mol. The Morgan fingerprint density at radius 1 is 1.08 bits per heavy atom. The fourth-order valence-electron chi connectivity index (χ4n) is 2.12. The molecule has 0 aliphatic carbocycles. The highest BCUT2D eigenvalue weighted by Gasteiger charge is 2.21. The molecule has 2 rings (SSSR count). The van der Waals surface area contributed by atoms with Gasteiger partial charge in [0.15, 0.2) is 0 Å². The zero-order valence-electron chi connectivity index (χ0n) is 14.4. The summed E-state index contributed by atoms with van der Waals surface area (Å²) in [7, 11) is 0. The normalized spacial score (nSPS) is 12.6. The molecular formula is C18H20Cl2N2O2S. The number of nitrogens with one attached hydrogen (secondary N) is 2. The monoisotopic (exact) mass is 398 g/mol. The predicted octanol–water partition coefficient (Wildman–Crippen LogP) is 4.75. The SMILES string of the molecule is CC(NC(=O)c1ccc(-c2cc(Cl)cc(Cl)c2)s1)C(=O)NC(C)(C)C. The van der Waals surface area contributed by atoms with E-state index >= 15 is 0 Å². The van der Waals surface area contributed by atoms with Gasteiger partial charge in [-0.15, -0.1) is 11.3 Å². The van der Waals surface area contributed by atoms with Gasteiger partial charge in [0.2, 0.25) is 5.91 Å². The molecule has 2 N–H and O–H groups in total. The van der Waals surface area contributed by atoms with Crippen molar-refractivity contribution in [3.63, 3.8) is 0 Å². The minimum absolute atomic E-state index is 0.223. The lowest BCUT2D eigenvalue weighted by Gasteiger charge is -2.23. The van der Waals surface area contributed by atoms with E-state index in [1.807, 2.05) is 26.8 Å². The fourth-order valence-corrected chi connectivity index (χ4v) is 3.54. The van der Waals surface area contributed by atoms with Gasteiger partial charge in [-0.1, -0.05) is 23.2 Å². The molecule has 1 heterocycles. The maximum atomic E-state index is 12.4. The summed E-state index contributed by atoms with van der Waals surface area (Å²) in [4.78, 5) is 25.8. The average molecular weight is 399 g/mol. The molecule has 7 heteroatoms. The van der Waals surface area contributed by atoms with E-state index in [1.54, 1.807) is 31.2 Å². The molecular weight excluding hydrogens is 379 g/mol. The topological polar surface area (TPSA) is 58.2 Å². The van der Waals surface area contributed by atoms with Crippen LogP contribution in [0.3, 0.4) is 0 Å². The minimum atomic E-state index is -0.627. The first-order chi connectivity index (χ1) is 11.5. The Bertz CT molecular complexity index is 776. The number of halogens is 2. The van der Waals surface area contributed by atoms with Crippen molar-refractivity contribution in [2.24, 2.45) is 0 Å². The van der Waals surface area contributed by atoms with Crippen molar-refractivity contribution in [2.45, 2.75) is 39.3 Å². The van der Waals surface area contributed by atoms with Gasteiger partial charge in [0.1, 0.15) is 6.04 Å². The second kappa shape index (κ2) is 7.77. The first-order valence-corrected chi connectivity index (χ1v) is 9.31. The fraction of sp³-hybridized carbons (Fsp3) is 0.333.